The van der Waals surface area contributed by atoms with Gasteiger partial charge in [-0.2, -0.15) is 25.3 Å². The van der Waals surface area contributed by atoms with Crippen LogP contribution >= 0.6 is 0 Å². The van der Waals surface area contributed by atoms with Crippen molar-refractivity contribution >= 4 is 30.4 Å². The van der Waals surface area contributed by atoms with E-state index in [1.54, 1.807) is 0 Å². The van der Waals surface area contributed by atoms with Gasteiger partial charge in [0, 0.05) is 0 Å². The maximum atomic E-state index is 10.9. The van der Waals surface area contributed by atoms with Crippen LogP contribution in [0, 0.1) is 0 Å². The SMILES string of the molecule is O=S(=O)(O)c1ccc(S(=O)(=O)O)c(S(=O)(=O)O)c1.[H-].[H-].[H-].[Na+].[Na+].[Na+]. The smallest absolute Gasteiger partial charge is 1.00 e. The van der Waals surface area contributed by atoms with Crippen molar-refractivity contribution in [2.45, 2.75) is 14.7 Å². The predicted octanol–water partition coefficient (Wildman–Crippen LogP) is -9.22. The fourth-order valence-electron chi connectivity index (χ4n) is 1.06. The van der Waals surface area contributed by atoms with Crippen molar-refractivity contribution < 1.29 is 132 Å². The molecule has 0 amide bonds. The molecule has 0 aliphatic heterocycles. The zero-order valence-corrected chi connectivity index (χ0v) is 19.7. The number of hydrogen-bond donors (Lipinski definition) is 3. The molecule has 0 aliphatic carbocycles. The van der Waals surface area contributed by atoms with Gasteiger partial charge in [-0.3, -0.25) is 13.7 Å². The fraction of sp³-hybridized carbons (Fsp3) is 0. The van der Waals surface area contributed by atoms with Gasteiger partial charge >= 0.3 is 88.7 Å². The minimum Gasteiger partial charge on any atom is -1.00 e. The van der Waals surface area contributed by atoms with Gasteiger partial charge in [0.1, 0.15) is 9.79 Å². The van der Waals surface area contributed by atoms with Crippen molar-refractivity contribution in [1.82, 2.24) is 0 Å². The minimum absolute atomic E-state index is 0. The molecule has 0 radical (unpaired) electrons. The molecule has 0 aliphatic rings. The zero-order chi connectivity index (χ0) is 14.4. The molecule has 0 atom stereocenters. The molecule has 3 N–H and O–H groups in total. The molecule has 9 nitrogen and oxygen atoms in total. The van der Waals surface area contributed by atoms with Gasteiger partial charge in [0.15, 0.2) is 0 Å². The van der Waals surface area contributed by atoms with E-state index in [2.05, 4.69) is 0 Å². The van der Waals surface area contributed by atoms with Gasteiger partial charge in [0.25, 0.3) is 30.4 Å². The van der Waals surface area contributed by atoms with Crippen molar-refractivity contribution in [2.24, 2.45) is 0 Å². The van der Waals surface area contributed by atoms with Crippen molar-refractivity contribution in [1.29, 1.82) is 0 Å². The molecule has 0 aromatic heterocycles. The molecule has 0 saturated heterocycles. The maximum absolute atomic E-state index is 10.9. The first-order valence-electron chi connectivity index (χ1n) is 3.90. The van der Waals surface area contributed by atoms with Gasteiger partial charge in [0.05, 0.1) is 4.90 Å². The molecular weight excluding hydrogens is 381 g/mol. The number of benzene rings is 1. The Hall–Kier alpha value is 1.95. The van der Waals surface area contributed by atoms with Crippen LogP contribution in [0.2, 0.25) is 0 Å². The summed E-state index contributed by atoms with van der Waals surface area (Å²) in [5.41, 5.74) is 0. The van der Waals surface area contributed by atoms with Crippen LogP contribution in [0.1, 0.15) is 4.28 Å². The molecule has 15 heteroatoms. The van der Waals surface area contributed by atoms with Gasteiger partial charge in [-0.15, -0.1) is 0 Å². The van der Waals surface area contributed by atoms with Crippen molar-refractivity contribution in [2.75, 3.05) is 0 Å². The Kier molecular flexibility index (Phi) is 12.5. The topological polar surface area (TPSA) is 163 Å². The van der Waals surface area contributed by atoms with Crippen LogP contribution in [0.15, 0.2) is 32.9 Å². The van der Waals surface area contributed by atoms with Gasteiger partial charge < -0.3 is 4.28 Å². The first kappa shape index (κ1) is 27.8. The Morgan fingerprint density at radius 1 is 0.667 bits per heavy atom. The molecule has 1 aromatic rings. The summed E-state index contributed by atoms with van der Waals surface area (Å²) in [7, 11) is -14.9. The number of hydrogen-bond acceptors (Lipinski definition) is 6. The Labute approximate surface area is 192 Å². The third-order valence-corrected chi connectivity index (χ3v) is 4.55. The summed E-state index contributed by atoms with van der Waals surface area (Å²) in [4.78, 5) is -3.53. The van der Waals surface area contributed by atoms with Crippen LogP contribution in [0.5, 0.6) is 0 Å². The van der Waals surface area contributed by atoms with E-state index in [4.69, 9.17) is 13.7 Å². The molecule has 21 heavy (non-hydrogen) atoms. The van der Waals surface area contributed by atoms with Crippen molar-refractivity contribution in [3.63, 3.8) is 0 Å². The molecule has 0 saturated carbocycles. The van der Waals surface area contributed by atoms with Crippen molar-refractivity contribution in [3.8, 4) is 0 Å². The van der Waals surface area contributed by atoms with Crippen LogP contribution in [0.25, 0.3) is 0 Å². The Bertz CT molecular complexity index is 810. The van der Waals surface area contributed by atoms with E-state index in [0.717, 1.165) is 0 Å². The molecule has 1 rings (SSSR count). The second kappa shape index (κ2) is 9.44. The fourth-order valence-corrected chi connectivity index (χ4v) is 3.43. The van der Waals surface area contributed by atoms with E-state index < -0.39 is 45.0 Å². The van der Waals surface area contributed by atoms with Crippen molar-refractivity contribution in [3.05, 3.63) is 18.2 Å². The quantitative estimate of drug-likeness (QED) is 0.336. The van der Waals surface area contributed by atoms with Crippen LogP contribution in [0.3, 0.4) is 0 Å². The standard InChI is InChI=1S/C6H6O9S3.3Na.3H/c7-16(8,9)4-1-2-5(17(10,11)12)6(3-4)18(13,14)15;;;;;;/h1-3H,(H,7,8,9)(H,10,11,12)(H,13,14,15);;;;;;/q;3*+1;3*-1. The average Bonchev–Trinajstić information content (AvgIpc) is 2.12. The third kappa shape index (κ3) is 8.05. The largest absolute Gasteiger partial charge is 1.00 e. The van der Waals surface area contributed by atoms with E-state index >= 15 is 0 Å². The normalized spacial score (nSPS) is 11.6. The van der Waals surface area contributed by atoms with Crippen LogP contribution < -0.4 is 88.7 Å². The molecule has 108 valence electrons. The third-order valence-electron chi connectivity index (χ3n) is 1.77. The van der Waals surface area contributed by atoms with E-state index in [9.17, 15) is 25.3 Å². The molecule has 0 fully saturated rings. The van der Waals surface area contributed by atoms with Gasteiger partial charge in [-0.05, 0) is 18.2 Å². The molecule has 0 bridgehead atoms. The summed E-state index contributed by atoms with van der Waals surface area (Å²) < 4.78 is 91.0. The molecular formula is C6H9Na3O9S3. The predicted molar refractivity (Wildman–Crippen MR) is 59.2 cm³/mol. The Morgan fingerprint density at radius 2 is 1.05 bits per heavy atom. The summed E-state index contributed by atoms with van der Waals surface area (Å²) in [6.45, 7) is 0. The first-order chi connectivity index (χ1) is 7.83. The minimum atomic E-state index is -5.11. The molecule has 0 spiro atoms. The van der Waals surface area contributed by atoms with E-state index in [0.29, 0.717) is 12.1 Å². The van der Waals surface area contributed by atoms with Crippen LogP contribution in [0.4, 0.5) is 0 Å². The number of rotatable bonds is 3. The van der Waals surface area contributed by atoms with E-state index in [-0.39, 0.29) is 99.0 Å². The maximum Gasteiger partial charge on any atom is 1.00 e. The van der Waals surface area contributed by atoms with Gasteiger partial charge in [-0.25, -0.2) is 0 Å². The second-order valence-corrected chi connectivity index (χ2v) is 7.24. The first-order valence-corrected chi connectivity index (χ1v) is 8.22. The van der Waals surface area contributed by atoms with Crippen LogP contribution in [-0.2, 0) is 30.4 Å². The molecule has 0 unspecified atom stereocenters. The summed E-state index contributed by atoms with van der Waals surface area (Å²) in [6.07, 6.45) is 0. The van der Waals surface area contributed by atoms with Gasteiger partial charge in [0.2, 0.25) is 0 Å². The summed E-state index contributed by atoms with van der Waals surface area (Å²) in [6, 6.07) is 1.17. The summed E-state index contributed by atoms with van der Waals surface area (Å²) in [5, 5.41) is 0. The monoisotopic (exact) mass is 390 g/mol. The molecule has 1 aromatic carbocycles. The Balaban J connectivity index is -0.000000135. The van der Waals surface area contributed by atoms with Gasteiger partial charge in [-0.1, -0.05) is 0 Å². The van der Waals surface area contributed by atoms with E-state index in [1.807, 2.05) is 0 Å². The summed E-state index contributed by atoms with van der Waals surface area (Å²) in [5.74, 6) is 0. The van der Waals surface area contributed by atoms with E-state index in [1.165, 1.54) is 0 Å². The zero-order valence-electron chi connectivity index (χ0n) is 14.2. The second-order valence-electron chi connectivity index (χ2n) is 3.03. The average molecular weight is 390 g/mol. The summed E-state index contributed by atoms with van der Waals surface area (Å²) >= 11 is 0. The molecule has 0 heterocycles. The van der Waals surface area contributed by atoms with Crippen LogP contribution in [-0.4, -0.2) is 38.9 Å². The Morgan fingerprint density at radius 3 is 1.33 bits per heavy atom.